The van der Waals surface area contributed by atoms with Crippen LogP contribution < -0.4 is 0 Å². The van der Waals surface area contributed by atoms with E-state index in [1.54, 1.807) is 0 Å². The molecule has 0 aromatic carbocycles. The summed E-state index contributed by atoms with van der Waals surface area (Å²) < 4.78 is 11.3. The molecular formula is C16H26O3. The second kappa shape index (κ2) is 5.66. The summed E-state index contributed by atoms with van der Waals surface area (Å²) in [5, 5.41) is 0. The Balaban J connectivity index is 2.12. The topological polar surface area (TPSA) is 35.5 Å². The van der Waals surface area contributed by atoms with E-state index < -0.39 is 0 Å². The first-order chi connectivity index (χ1) is 8.98. The monoisotopic (exact) mass is 266 g/mol. The predicted octanol–water partition coefficient (Wildman–Crippen LogP) is 3.48. The number of methoxy groups -OCH3 is 1. The van der Waals surface area contributed by atoms with E-state index in [0.29, 0.717) is 5.92 Å². The maximum atomic E-state index is 11.7. The first-order valence-corrected chi connectivity index (χ1v) is 7.40. The van der Waals surface area contributed by atoms with Gasteiger partial charge in [0.05, 0.1) is 24.7 Å². The number of allylic oxidation sites excluding steroid dienone is 1. The van der Waals surface area contributed by atoms with Gasteiger partial charge in [-0.25, -0.2) is 0 Å². The molecule has 3 nitrogen and oxygen atoms in total. The lowest BCUT2D eigenvalue weighted by Gasteiger charge is -2.48. The number of esters is 1. The van der Waals surface area contributed by atoms with Crippen LogP contribution in [0.2, 0.25) is 0 Å². The third-order valence-corrected chi connectivity index (χ3v) is 4.94. The van der Waals surface area contributed by atoms with Gasteiger partial charge >= 0.3 is 5.97 Å². The molecule has 19 heavy (non-hydrogen) atoms. The molecule has 0 aromatic rings. The summed E-state index contributed by atoms with van der Waals surface area (Å²) in [5.74, 6) is 0.246. The first kappa shape index (κ1) is 14.6. The van der Waals surface area contributed by atoms with Crippen molar-refractivity contribution < 1.29 is 14.3 Å². The van der Waals surface area contributed by atoms with Crippen LogP contribution in [0, 0.1) is 11.8 Å². The minimum Gasteiger partial charge on any atom is -0.469 e. The van der Waals surface area contributed by atoms with Gasteiger partial charge in [0, 0.05) is 0 Å². The second-order valence-corrected chi connectivity index (χ2v) is 6.28. The van der Waals surface area contributed by atoms with Crippen molar-refractivity contribution in [2.45, 2.75) is 64.6 Å². The van der Waals surface area contributed by atoms with Gasteiger partial charge in [-0.3, -0.25) is 4.79 Å². The fourth-order valence-electron chi connectivity index (χ4n) is 3.56. The van der Waals surface area contributed by atoms with Gasteiger partial charge in [-0.05, 0) is 51.9 Å². The minimum atomic E-state index is -0.166. The Hall–Kier alpha value is -0.830. The summed E-state index contributed by atoms with van der Waals surface area (Å²) in [4.78, 5) is 11.7. The van der Waals surface area contributed by atoms with E-state index in [4.69, 9.17) is 9.47 Å². The largest absolute Gasteiger partial charge is 0.469 e. The molecule has 1 spiro atoms. The van der Waals surface area contributed by atoms with Crippen molar-refractivity contribution in [2.24, 2.45) is 11.8 Å². The Morgan fingerprint density at radius 3 is 2.89 bits per heavy atom. The third-order valence-electron chi connectivity index (χ3n) is 4.94. The van der Waals surface area contributed by atoms with Gasteiger partial charge in [-0.2, -0.15) is 0 Å². The summed E-state index contributed by atoms with van der Waals surface area (Å²) in [6.45, 7) is 6.40. The average Bonchev–Trinajstić information content (AvgIpc) is 2.40. The van der Waals surface area contributed by atoms with E-state index >= 15 is 0 Å². The summed E-state index contributed by atoms with van der Waals surface area (Å²) in [7, 11) is 1.45. The molecule has 2 rings (SSSR count). The number of hydrogen-bond donors (Lipinski definition) is 0. The molecule has 0 saturated carbocycles. The molecule has 1 heterocycles. The molecule has 1 fully saturated rings. The normalized spacial score (nSPS) is 36.7. The fraction of sp³-hybridized carbons (Fsp3) is 0.812. The summed E-state index contributed by atoms with van der Waals surface area (Å²) in [5.41, 5.74) is 1.37. The van der Waals surface area contributed by atoms with E-state index in [9.17, 15) is 4.79 Å². The van der Waals surface area contributed by atoms with Crippen molar-refractivity contribution in [3.05, 3.63) is 11.6 Å². The highest BCUT2D eigenvalue weighted by molar-refractivity contribution is 5.72. The Morgan fingerprint density at radius 1 is 1.53 bits per heavy atom. The van der Waals surface area contributed by atoms with Gasteiger partial charge < -0.3 is 9.47 Å². The minimum absolute atomic E-state index is 0.00884. The highest BCUT2D eigenvalue weighted by atomic mass is 16.5. The Labute approximate surface area is 116 Å². The Kier molecular flexibility index (Phi) is 4.34. The fourth-order valence-corrected chi connectivity index (χ4v) is 3.56. The van der Waals surface area contributed by atoms with Gasteiger partial charge in [-0.1, -0.05) is 18.6 Å². The van der Waals surface area contributed by atoms with E-state index in [1.807, 2.05) is 6.92 Å². The predicted molar refractivity (Wildman–Crippen MR) is 74.8 cm³/mol. The van der Waals surface area contributed by atoms with Crippen LogP contribution in [0.1, 0.15) is 52.9 Å². The van der Waals surface area contributed by atoms with Gasteiger partial charge in [0.25, 0.3) is 0 Å². The van der Waals surface area contributed by atoms with Gasteiger partial charge in [0.1, 0.15) is 0 Å². The highest BCUT2D eigenvalue weighted by Gasteiger charge is 2.45. The number of ether oxygens (including phenoxy) is 2. The van der Waals surface area contributed by atoms with Crippen molar-refractivity contribution in [3.63, 3.8) is 0 Å². The number of rotatable bonds is 2. The van der Waals surface area contributed by atoms with Crippen molar-refractivity contribution in [1.82, 2.24) is 0 Å². The SMILES string of the molecule is COC(=O)[C@@H](C)[C@H]1CCC(C)C2(CCC=C(C)C2)O1. The van der Waals surface area contributed by atoms with Crippen molar-refractivity contribution in [3.8, 4) is 0 Å². The Bertz CT molecular complexity index is 374. The smallest absolute Gasteiger partial charge is 0.311 e. The zero-order valence-electron chi connectivity index (χ0n) is 12.6. The number of hydrogen-bond acceptors (Lipinski definition) is 3. The van der Waals surface area contributed by atoms with Crippen LogP contribution in [0.5, 0.6) is 0 Å². The maximum Gasteiger partial charge on any atom is 0.311 e. The first-order valence-electron chi connectivity index (χ1n) is 7.40. The van der Waals surface area contributed by atoms with Crippen LogP contribution in [0.3, 0.4) is 0 Å². The Morgan fingerprint density at radius 2 is 2.26 bits per heavy atom. The van der Waals surface area contributed by atoms with Crippen molar-refractivity contribution >= 4 is 5.97 Å². The molecule has 1 saturated heterocycles. The highest BCUT2D eigenvalue weighted by Crippen LogP contribution is 2.45. The summed E-state index contributed by atoms with van der Waals surface area (Å²) >= 11 is 0. The van der Waals surface area contributed by atoms with E-state index in [-0.39, 0.29) is 23.6 Å². The summed E-state index contributed by atoms with van der Waals surface area (Å²) in [6.07, 6.45) is 7.61. The van der Waals surface area contributed by atoms with Crippen LogP contribution in [0.15, 0.2) is 11.6 Å². The van der Waals surface area contributed by atoms with E-state index in [0.717, 1.165) is 32.1 Å². The molecule has 0 amide bonds. The number of carbonyl (C=O) groups excluding carboxylic acids is 1. The molecule has 3 heteroatoms. The quantitative estimate of drug-likeness (QED) is 0.567. The van der Waals surface area contributed by atoms with Gasteiger partial charge in [0.15, 0.2) is 0 Å². The second-order valence-electron chi connectivity index (χ2n) is 6.28. The van der Waals surface area contributed by atoms with Crippen LogP contribution >= 0.6 is 0 Å². The van der Waals surface area contributed by atoms with Crippen LogP contribution in [-0.2, 0) is 14.3 Å². The van der Waals surface area contributed by atoms with Crippen LogP contribution in [0.4, 0.5) is 0 Å². The van der Waals surface area contributed by atoms with Crippen molar-refractivity contribution in [1.29, 1.82) is 0 Å². The summed E-state index contributed by atoms with van der Waals surface area (Å²) in [6, 6.07) is 0. The van der Waals surface area contributed by atoms with Crippen LogP contribution in [0.25, 0.3) is 0 Å². The molecule has 1 aliphatic carbocycles. The van der Waals surface area contributed by atoms with E-state index in [2.05, 4.69) is 19.9 Å². The molecule has 1 aliphatic heterocycles. The average molecular weight is 266 g/mol. The lowest BCUT2D eigenvalue weighted by molar-refractivity contribution is -0.188. The zero-order valence-corrected chi connectivity index (χ0v) is 12.6. The van der Waals surface area contributed by atoms with Crippen molar-refractivity contribution in [2.75, 3.05) is 7.11 Å². The standard InChI is InChI=1S/C16H26O3/c1-11-6-5-9-16(10-11)12(2)7-8-14(19-16)13(3)15(17)18-4/h6,12-14H,5,7-10H2,1-4H3/t12?,13-,14+,16?/m0/s1. The van der Waals surface area contributed by atoms with E-state index in [1.165, 1.54) is 12.7 Å². The molecule has 0 aromatic heterocycles. The van der Waals surface area contributed by atoms with Gasteiger partial charge in [-0.15, -0.1) is 0 Å². The molecular weight excluding hydrogens is 240 g/mol. The zero-order chi connectivity index (χ0) is 14.0. The maximum absolute atomic E-state index is 11.7. The lowest BCUT2D eigenvalue weighted by Crippen LogP contribution is -2.50. The van der Waals surface area contributed by atoms with Gasteiger partial charge in [0.2, 0.25) is 0 Å². The molecule has 2 aliphatic rings. The molecule has 2 unspecified atom stereocenters. The third kappa shape index (κ3) is 2.86. The molecule has 0 N–H and O–H groups in total. The molecule has 0 bridgehead atoms. The molecule has 108 valence electrons. The number of carbonyl (C=O) groups is 1. The van der Waals surface area contributed by atoms with Crippen LogP contribution in [-0.4, -0.2) is 24.8 Å². The molecule has 0 radical (unpaired) electrons. The molecule has 4 atom stereocenters. The lowest BCUT2D eigenvalue weighted by atomic mass is 9.71.